The molecule has 0 bridgehead atoms. The van der Waals surface area contributed by atoms with E-state index in [0.29, 0.717) is 6.54 Å². The van der Waals surface area contributed by atoms with E-state index >= 15 is 0 Å². The van der Waals surface area contributed by atoms with Gasteiger partial charge in [0, 0.05) is 12.6 Å². The van der Waals surface area contributed by atoms with Crippen LogP contribution in [0.1, 0.15) is 90.3 Å². The number of rotatable bonds is 11. The van der Waals surface area contributed by atoms with Crippen molar-refractivity contribution in [3.8, 4) is 0 Å². The first-order valence-electron chi connectivity index (χ1n) is 12.3. The second-order valence-corrected chi connectivity index (χ2v) is 9.74. The summed E-state index contributed by atoms with van der Waals surface area (Å²) in [6.45, 7) is 9.89. The first kappa shape index (κ1) is 26.7. The molecule has 1 saturated carbocycles. The van der Waals surface area contributed by atoms with Crippen molar-refractivity contribution in [3.63, 3.8) is 0 Å². The molecule has 0 spiro atoms. The van der Waals surface area contributed by atoms with Crippen molar-refractivity contribution < 1.29 is 19.1 Å². The molecule has 1 unspecified atom stereocenters. The summed E-state index contributed by atoms with van der Waals surface area (Å²) in [6.07, 6.45) is 6.00. The second-order valence-electron chi connectivity index (χ2n) is 9.74. The van der Waals surface area contributed by atoms with Gasteiger partial charge in [-0.3, -0.25) is 9.59 Å². The van der Waals surface area contributed by atoms with Gasteiger partial charge in [-0.25, -0.2) is 4.79 Å². The Balaban J connectivity index is 2.24. The van der Waals surface area contributed by atoms with E-state index in [2.05, 4.69) is 24.5 Å². The predicted octanol–water partition coefficient (Wildman–Crippen LogP) is 4.50. The molecule has 7 heteroatoms. The molecular weight excluding hydrogens is 418 g/mol. The Morgan fingerprint density at radius 3 is 2.24 bits per heavy atom. The molecule has 33 heavy (non-hydrogen) atoms. The monoisotopic (exact) mass is 459 g/mol. The van der Waals surface area contributed by atoms with Gasteiger partial charge in [0.2, 0.25) is 11.8 Å². The van der Waals surface area contributed by atoms with Crippen molar-refractivity contribution >= 4 is 17.9 Å². The molecule has 1 aromatic rings. The third kappa shape index (κ3) is 8.37. The lowest BCUT2D eigenvalue weighted by molar-refractivity contribution is -0.145. The summed E-state index contributed by atoms with van der Waals surface area (Å²) < 4.78 is 5.26. The van der Waals surface area contributed by atoms with Crippen LogP contribution < -0.4 is 10.6 Å². The zero-order valence-corrected chi connectivity index (χ0v) is 20.9. The Bertz CT molecular complexity index is 782. The summed E-state index contributed by atoms with van der Waals surface area (Å²) in [6, 6.07) is 7.15. The molecule has 1 fully saturated rings. The molecule has 0 aliphatic heterocycles. The minimum absolute atomic E-state index is 0.0184. The van der Waals surface area contributed by atoms with Crippen molar-refractivity contribution in [1.82, 2.24) is 15.5 Å². The fraction of sp³-hybridized carbons (Fsp3) is 0.654. The van der Waals surface area contributed by atoms with Crippen LogP contribution in [0.3, 0.4) is 0 Å². The van der Waals surface area contributed by atoms with Crippen molar-refractivity contribution in [3.05, 3.63) is 35.4 Å². The molecule has 1 atom stereocenters. The van der Waals surface area contributed by atoms with Gasteiger partial charge in [0.25, 0.3) is 0 Å². The van der Waals surface area contributed by atoms with Crippen molar-refractivity contribution in [2.75, 3.05) is 13.1 Å². The zero-order chi connectivity index (χ0) is 24.4. The number of aryl methyl sites for hydroxylation is 1. The highest BCUT2D eigenvalue weighted by atomic mass is 16.6. The van der Waals surface area contributed by atoms with Crippen molar-refractivity contribution in [2.24, 2.45) is 0 Å². The van der Waals surface area contributed by atoms with Crippen LogP contribution in [0.25, 0.3) is 0 Å². The summed E-state index contributed by atoms with van der Waals surface area (Å²) in [5.41, 5.74) is 1.31. The molecule has 1 aliphatic carbocycles. The summed E-state index contributed by atoms with van der Waals surface area (Å²) in [4.78, 5) is 40.5. The maximum atomic E-state index is 13.4. The molecule has 184 valence electrons. The Hall–Kier alpha value is -2.57. The van der Waals surface area contributed by atoms with Crippen molar-refractivity contribution in [1.29, 1.82) is 0 Å². The highest BCUT2D eigenvalue weighted by molar-refractivity contribution is 5.90. The zero-order valence-electron chi connectivity index (χ0n) is 20.9. The van der Waals surface area contributed by atoms with Crippen LogP contribution in [0.2, 0.25) is 0 Å². The molecule has 1 aliphatic rings. The average molecular weight is 460 g/mol. The van der Waals surface area contributed by atoms with Gasteiger partial charge in [-0.1, -0.05) is 51.0 Å². The number of unbranched alkanes of at least 4 members (excludes halogenated alkanes) is 2. The van der Waals surface area contributed by atoms with E-state index in [0.717, 1.165) is 50.5 Å². The highest BCUT2D eigenvalue weighted by Gasteiger charge is 2.38. The number of hydrogen-bond acceptors (Lipinski definition) is 4. The highest BCUT2D eigenvalue weighted by Crippen LogP contribution is 2.33. The fourth-order valence-electron chi connectivity index (χ4n) is 3.83. The third-order valence-corrected chi connectivity index (χ3v) is 5.85. The smallest absolute Gasteiger partial charge is 0.408 e. The molecule has 0 saturated heterocycles. The second kappa shape index (κ2) is 12.6. The van der Waals surface area contributed by atoms with Gasteiger partial charge < -0.3 is 20.3 Å². The Kier molecular flexibility index (Phi) is 10.2. The van der Waals surface area contributed by atoms with E-state index in [4.69, 9.17) is 4.74 Å². The van der Waals surface area contributed by atoms with Crippen LogP contribution in [0.5, 0.6) is 0 Å². The van der Waals surface area contributed by atoms with E-state index in [9.17, 15) is 14.4 Å². The molecule has 0 aromatic heterocycles. The normalized spacial score (nSPS) is 14.7. The van der Waals surface area contributed by atoms with E-state index in [1.54, 1.807) is 25.7 Å². The van der Waals surface area contributed by atoms with Gasteiger partial charge >= 0.3 is 6.09 Å². The molecule has 0 heterocycles. The van der Waals surface area contributed by atoms with Crippen LogP contribution >= 0.6 is 0 Å². The van der Waals surface area contributed by atoms with Gasteiger partial charge in [-0.2, -0.15) is 0 Å². The SMILES string of the molecule is CCCCCNC(=O)C(c1ccc(CC)cc1)N(C(=O)CNC(=O)OC(C)(C)C)C1CCC1. The lowest BCUT2D eigenvalue weighted by Crippen LogP contribution is -2.54. The summed E-state index contributed by atoms with van der Waals surface area (Å²) in [7, 11) is 0. The number of benzene rings is 1. The topological polar surface area (TPSA) is 87.7 Å². The van der Waals surface area contributed by atoms with Gasteiger partial charge in [0.1, 0.15) is 18.2 Å². The van der Waals surface area contributed by atoms with Crippen LogP contribution in [-0.2, 0) is 20.7 Å². The van der Waals surface area contributed by atoms with Gasteiger partial charge in [-0.15, -0.1) is 0 Å². The molecule has 7 nitrogen and oxygen atoms in total. The summed E-state index contributed by atoms with van der Waals surface area (Å²) >= 11 is 0. The van der Waals surface area contributed by atoms with E-state index in [1.807, 2.05) is 24.3 Å². The minimum atomic E-state index is -0.726. The number of carbonyl (C=O) groups excluding carboxylic acids is 3. The van der Waals surface area contributed by atoms with Crippen LogP contribution in [0.15, 0.2) is 24.3 Å². The first-order chi connectivity index (χ1) is 15.7. The summed E-state index contributed by atoms with van der Waals surface area (Å²) in [5.74, 6) is -0.452. The molecule has 2 rings (SSSR count). The number of nitrogens with zero attached hydrogens (tertiary/aromatic N) is 1. The Morgan fingerprint density at radius 1 is 1.06 bits per heavy atom. The maximum Gasteiger partial charge on any atom is 0.408 e. The van der Waals surface area contributed by atoms with Crippen LogP contribution in [-0.4, -0.2) is 47.5 Å². The number of ether oxygens (including phenoxy) is 1. The number of hydrogen-bond donors (Lipinski definition) is 2. The van der Waals surface area contributed by atoms with E-state index in [-0.39, 0.29) is 24.4 Å². The molecular formula is C26H41N3O4. The fourth-order valence-corrected chi connectivity index (χ4v) is 3.83. The van der Waals surface area contributed by atoms with Gasteiger partial charge in [0.05, 0.1) is 0 Å². The largest absolute Gasteiger partial charge is 0.444 e. The van der Waals surface area contributed by atoms with E-state index in [1.165, 1.54) is 5.56 Å². The predicted molar refractivity (Wildman–Crippen MR) is 130 cm³/mol. The van der Waals surface area contributed by atoms with E-state index < -0.39 is 17.7 Å². The third-order valence-electron chi connectivity index (χ3n) is 5.85. The average Bonchev–Trinajstić information content (AvgIpc) is 2.72. The first-order valence-corrected chi connectivity index (χ1v) is 12.3. The van der Waals surface area contributed by atoms with Gasteiger partial charge in [0.15, 0.2) is 0 Å². The number of carbonyl (C=O) groups is 3. The number of alkyl carbamates (subject to hydrolysis) is 1. The molecule has 3 amide bonds. The lowest BCUT2D eigenvalue weighted by atomic mass is 9.88. The van der Waals surface area contributed by atoms with Crippen molar-refractivity contribution in [2.45, 2.75) is 97.2 Å². The maximum absolute atomic E-state index is 13.4. The molecule has 0 radical (unpaired) electrons. The number of amides is 3. The lowest BCUT2D eigenvalue weighted by Gasteiger charge is -2.42. The minimum Gasteiger partial charge on any atom is -0.444 e. The number of nitrogens with one attached hydrogen (secondary N) is 2. The van der Waals surface area contributed by atoms with Crippen LogP contribution in [0, 0.1) is 0 Å². The summed E-state index contributed by atoms with van der Waals surface area (Å²) in [5, 5.41) is 5.60. The molecule has 2 N–H and O–H groups in total. The quantitative estimate of drug-likeness (QED) is 0.477. The Labute approximate surface area is 198 Å². The van der Waals surface area contributed by atoms with Gasteiger partial charge in [-0.05, 0) is 64.0 Å². The molecule has 1 aromatic carbocycles. The van der Waals surface area contributed by atoms with Crippen LogP contribution in [0.4, 0.5) is 4.79 Å². The Morgan fingerprint density at radius 2 is 1.73 bits per heavy atom. The standard InChI is InChI=1S/C26H41N3O4/c1-6-8-9-17-27-24(31)23(20-15-13-19(7-2)14-16-20)29(21-11-10-12-21)22(30)18-28-25(32)33-26(3,4)5/h13-16,21,23H,6-12,17-18H2,1-5H3,(H,27,31)(H,28,32).